The van der Waals surface area contributed by atoms with Crippen molar-refractivity contribution < 1.29 is 80.2 Å². The highest BCUT2D eigenvalue weighted by molar-refractivity contribution is 7.47. The van der Waals surface area contributed by atoms with E-state index in [9.17, 15) is 43.2 Å². The van der Waals surface area contributed by atoms with Gasteiger partial charge in [-0.05, 0) is 37.5 Å². The summed E-state index contributed by atoms with van der Waals surface area (Å²) in [6, 6.07) is 0. The largest absolute Gasteiger partial charge is 0.472 e. The van der Waals surface area contributed by atoms with Crippen molar-refractivity contribution in [2.24, 2.45) is 11.8 Å². The molecule has 0 saturated carbocycles. The summed E-state index contributed by atoms with van der Waals surface area (Å²) in [5.41, 5.74) is 0. The number of unbranched alkanes of at least 4 members (excludes halogenated alkanes) is 48. The molecular formula is C79H154O17P2. The Morgan fingerprint density at radius 2 is 0.469 bits per heavy atom. The summed E-state index contributed by atoms with van der Waals surface area (Å²) in [7, 11) is -9.92. The van der Waals surface area contributed by atoms with Gasteiger partial charge >= 0.3 is 39.5 Å². The van der Waals surface area contributed by atoms with Crippen LogP contribution in [0.4, 0.5) is 0 Å². The number of carbonyl (C=O) groups excluding carboxylic acids is 4. The monoisotopic (exact) mass is 1440 g/mol. The molecule has 0 bridgehead atoms. The van der Waals surface area contributed by atoms with Gasteiger partial charge in [0.05, 0.1) is 26.4 Å². The maximum atomic E-state index is 13.1. The second-order valence-electron chi connectivity index (χ2n) is 29.4. The molecule has 0 aromatic rings. The number of carbonyl (C=O) groups is 4. The van der Waals surface area contributed by atoms with Gasteiger partial charge in [-0.1, -0.05) is 363 Å². The fraction of sp³-hybridized carbons (Fsp3) is 0.949. The van der Waals surface area contributed by atoms with Gasteiger partial charge in [0, 0.05) is 25.7 Å². The molecule has 98 heavy (non-hydrogen) atoms. The standard InChI is InChI=1S/C79H154O17P2/c1-7-9-11-13-15-17-19-20-21-22-23-24-25-26-27-31-39-45-51-57-63-78(83)95-74(68-90-77(82)62-56-50-44-38-32-28-30-35-41-47-53-59-71(3)4)69-93-97(85,86)91-65-73(80)66-92-98(87,88)94-70-75(67-89-76(81)61-55-49-43-37-29-18-16-14-12-10-8-2)96-79(84)64-58-52-46-40-34-33-36-42-48-54-60-72(5)6/h71-75,80H,7-70H2,1-6H3,(H,85,86)(H,87,88)/t73-,74-,75-/m1/s1. The van der Waals surface area contributed by atoms with E-state index in [-0.39, 0.29) is 25.7 Å². The predicted octanol–water partition coefficient (Wildman–Crippen LogP) is 23.5. The quantitative estimate of drug-likeness (QED) is 0.0222. The van der Waals surface area contributed by atoms with E-state index in [1.807, 2.05) is 0 Å². The highest BCUT2D eigenvalue weighted by Gasteiger charge is 2.30. The van der Waals surface area contributed by atoms with Crippen LogP contribution in [0.3, 0.4) is 0 Å². The Kier molecular flexibility index (Phi) is 69.3. The number of phosphoric acid groups is 2. The minimum Gasteiger partial charge on any atom is -0.462 e. The third-order valence-corrected chi connectivity index (χ3v) is 20.4. The Morgan fingerprint density at radius 3 is 0.694 bits per heavy atom. The van der Waals surface area contributed by atoms with Crippen molar-refractivity contribution >= 4 is 39.5 Å². The van der Waals surface area contributed by atoms with E-state index >= 15 is 0 Å². The third kappa shape index (κ3) is 72.4. The maximum absolute atomic E-state index is 13.1. The van der Waals surface area contributed by atoms with Crippen molar-refractivity contribution in [3.8, 4) is 0 Å². The molecule has 3 N–H and O–H groups in total. The second kappa shape index (κ2) is 70.7. The summed E-state index contributed by atoms with van der Waals surface area (Å²) in [6.07, 6.45) is 59.6. The molecule has 0 radical (unpaired) electrons. The SMILES string of the molecule is CCCCCCCCCCCCCCCCCCCCCCC(=O)O[C@H](COC(=O)CCCCCCCCCCCCCC(C)C)COP(=O)(O)OC[C@@H](O)COP(=O)(O)OC[C@@H](COC(=O)CCCCCCCCCCCCC)OC(=O)CCCCCCCCCCCCC(C)C. The molecule has 0 aliphatic rings. The van der Waals surface area contributed by atoms with E-state index in [1.165, 1.54) is 231 Å². The number of hydrogen-bond donors (Lipinski definition) is 3. The minimum absolute atomic E-state index is 0.106. The van der Waals surface area contributed by atoms with Crippen molar-refractivity contribution in [3.05, 3.63) is 0 Å². The number of aliphatic hydroxyl groups excluding tert-OH is 1. The smallest absolute Gasteiger partial charge is 0.462 e. The molecule has 0 aliphatic heterocycles. The summed E-state index contributed by atoms with van der Waals surface area (Å²) in [5.74, 6) is -0.588. The molecule has 2 unspecified atom stereocenters. The topological polar surface area (TPSA) is 237 Å². The summed E-state index contributed by atoms with van der Waals surface area (Å²) in [5, 5.41) is 10.6. The number of phosphoric ester groups is 2. The molecule has 0 aromatic carbocycles. The summed E-state index contributed by atoms with van der Waals surface area (Å²) in [6.45, 7) is 9.61. The van der Waals surface area contributed by atoms with E-state index in [4.69, 9.17) is 37.0 Å². The van der Waals surface area contributed by atoms with Crippen molar-refractivity contribution in [2.45, 2.75) is 432 Å². The van der Waals surface area contributed by atoms with Crippen molar-refractivity contribution in [1.82, 2.24) is 0 Å². The van der Waals surface area contributed by atoms with E-state index in [0.29, 0.717) is 25.7 Å². The number of esters is 4. The molecule has 582 valence electrons. The van der Waals surface area contributed by atoms with Gasteiger partial charge in [-0.15, -0.1) is 0 Å². The van der Waals surface area contributed by atoms with E-state index in [0.717, 1.165) is 102 Å². The first-order valence-electron chi connectivity index (χ1n) is 41.0. The van der Waals surface area contributed by atoms with Crippen LogP contribution < -0.4 is 0 Å². The van der Waals surface area contributed by atoms with Gasteiger partial charge in [0.25, 0.3) is 0 Å². The summed E-state index contributed by atoms with van der Waals surface area (Å²) >= 11 is 0. The second-order valence-corrected chi connectivity index (χ2v) is 32.3. The molecule has 0 fully saturated rings. The summed E-state index contributed by atoms with van der Waals surface area (Å²) < 4.78 is 68.6. The lowest BCUT2D eigenvalue weighted by molar-refractivity contribution is -0.161. The van der Waals surface area contributed by atoms with Crippen LogP contribution in [0.2, 0.25) is 0 Å². The molecular weight excluding hydrogens is 1280 g/mol. The van der Waals surface area contributed by atoms with E-state index in [2.05, 4.69) is 41.5 Å². The van der Waals surface area contributed by atoms with Gasteiger partial charge in [0.1, 0.15) is 19.3 Å². The zero-order chi connectivity index (χ0) is 72.1. The molecule has 0 spiro atoms. The normalized spacial score (nSPS) is 13.9. The maximum Gasteiger partial charge on any atom is 0.472 e. The van der Waals surface area contributed by atoms with Gasteiger partial charge in [-0.2, -0.15) is 0 Å². The Hall–Kier alpha value is -1.94. The van der Waals surface area contributed by atoms with Crippen molar-refractivity contribution in [1.29, 1.82) is 0 Å². The molecule has 17 nitrogen and oxygen atoms in total. The van der Waals surface area contributed by atoms with Crippen molar-refractivity contribution in [3.63, 3.8) is 0 Å². The van der Waals surface area contributed by atoms with Crippen LogP contribution >= 0.6 is 15.6 Å². The Morgan fingerprint density at radius 1 is 0.276 bits per heavy atom. The zero-order valence-corrected chi connectivity index (χ0v) is 65.9. The fourth-order valence-electron chi connectivity index (χ4n) is 12.2. The lowest BCUT2D eigenvalue weighted by Crippen LogP contribution is -2.30. The van der Waals surface area contributed by atoms with Crippen LogP contribution in [0.25, 0.3) is 0 Å². The lowest BCUT2D eigenvalue weighted by Gasteiger charge is -2.21. The van der Waals surface area contributed by atoms with Gasteiger partial charge in [-0.25, -0.2) is 9.13 Å². The van der Waals surface area contributed by atoms with Crippen LogP contribution in [-0.2, 0) is 65.4 Å². The zero-order valence-electron chi connectivity index (χ0n) is 64.1. The average Bonchev–Trinajstić information content (AvgIpc) is 1.04. The molecule has 0 saturated heterocycles. The Labute approximate surface area is 600 Å². The van der Waals surface area contributed by atoms with Crippen LogP contribution in [0, 0.1) is 11.8 Å². The molecule has 0 amide bonds. The predicted molar refractivity (Wildman–Crippen MR) is 400 cm³/mol. The molecule has 0 aliphatic carbocycles. The fourth-order valence-corrected chi connectivity index (χ4v) is 13.8. The minimum atomic E-state index is -4.96. The van der Waals surface area contributed by atoms with Crippen LogP contribution in [0.1, 0.15) is 414 Å². The summed E-state index contributed by atoms with van der Waals surface area (Å²) in [4.78, 5) is 72.9. The van der Waals surface area contributed by atoms with Gasteiger partial charge < -0.3 is 33.8 Å². The molecule has 0 aromatic heterocycles. The van der Waals surface area contributed by atoms with Gasteiger partial charge in [0.15, 0.2) is 12.2 Å². The Balaban J connectivity index is 5.23. The van der Waals surface area contributed by atoms with Crippen LogP contribution in [-0.4, -0.2) is 96.7 Å². The highest BCUT2D eigenvalue weighted by atomic mass is 31.2. The molecule has 19 heteroatoms. The first-order valence-corrected chi connectivity index (χ1v) is 44.0. The first-order chi connectivity index (χ1) is 47.4. The highest BCUT2D eigenvalue weighted by Crippen LogP contribution is 2.45. The van der Waals surface area contributed by atoms with E-state index in [1.54, 1.807) is 0 Å². The van der Waals surface area contributed by atoms with Gasteiger partial charge in [0.2, 0.25) is 0 Å². The first kappa shape index (κ1) is 96.1. The number of ether oxygens (including phenoxy) is 4. The molecule has 0 heterocycles. The third-order valence-electron chi connectivity index (χ3n) is 18.5. The average molecular weight is 1440 g/mol. The molecule has 5 atom stereocenters. The van der Waals surface area contributed by atoms with Crippen molar-refractivity contribution in [2.75, 3.05) is 39.6 Å². The van der Waals surface area contributed by atoms with Crippen LogP contribution in [0.15, 0.2) is 0 Å². The number of rotatable bonds is 78. The Bertz CT molecular complexity index is 1890. The van der Waals surface area contributed by atoms with E-state index < -0.39 is 97.5 Å². The number of aliphatic hydroxyl groups is 1. The lowest BCUT2D eigenvalue weighted by atomic mass is 10.0. The number of hydrogen-bond acceptors (Lipinski definition) is 15. The van der Waals surface area contributed by atoms with Crippen LogP contribution in [0.5, 0.6) is 0 Å². The van der Waals surface area contributed by atoms with Gasteiger partial charge in [-0.3, -0.25) is 37.3 Å². The molecule has 0 rings (SSSR count).